The standard InChI is InChI=1S/C25H32ClN3O2/c1-4-9-24(30)27-13-12-23-28-21-10-5-6-11-22(21)29(23)14-7-8-15-31-20-16-18(2)25(26)19(3)17-20/h5-6,10-11,16-17H,4,7-9,12-15H2,1-3H3,(H,27,30). The number of halogens is 1. The van der Waals surface area contributed by atoms with Crippen LogP contribution in [0.3, 0.4) is 0 Å². The van der Waals surface area contributed by atoms with E-state index in [1.807, 2.05) is 51.1 Å². The number of amides is 1. The zero-order chi connectivity index (χ0) is 22.2. The summed E-state index contributed by atoms with van der Waals surface area (Å²) in [4.78, 5) is 16.5. The molecule has 0 saturated heterocycles. The number of carbonyl (C=O) groups excluding carboxylic acids is 1. The molecule has 0 fully saturated rings. The second-order valence-electron chi connectivity index (χ2n) is 7.94. The van der Waals surface area contributed by atoms with Gasteiger partial charge in [0.05, 0.1) is 17.6 Å². The van der Waals surface area contributed by atoms with Crippen molar-refractivity contribution in [2.24, 2.45) is 0 Å². The van der Waals surface area contributed by atoms with Crippen LogP contribution in [-0.4, -0.2) is 28.6 Å². The van der Waals surface area contributed by atoms with Gasteiger partial charge in [0.1, 0.15) is 11.6 Å². The number of nitrogens with zero attached hydrogens (tertiary/aromatic N) is 2. The van der Waals surface area contributed by atoms with Gasteiger partial charge in [-0.3, -0.25) is 4.79 Å². The summed E-state index contributed by atoms with van der Waals surface area (Å²) < 4.78 is 8.22. The Morgan fingerprint density at radius 1 is 1.16 bits per heavy atom. The van der Waals surface area contributed by atoms with Gasteiger partial charge in [0.2, 0.25) is 5.91 Å². The van der Waals surface area contributed by atoms with Gasteiger partial charge in [-0.05, 0) is 68.5 Å². The van der Waals surface area contributed by atoms with E-state index in [1.54, 1.807) is 0 Å². The first-order valence-corrected chi connectivity index (χ1v) is 11.5. The Hall–Kier alpha value is -2.53. The Kier molecular flexibility index (Phi) is 8.35. The first-order valence-electron chi connectivity index (χ1n) is 11.1. The number of aromatic nitrogens is 2. The molecule has 3 aromatic rings. The predicted molar refractivity (Wildman–Crippen MR) is 127 cm³/mol. The van der Waals surface area contributed by atoms with E-state index in [9.17, 15) is 4.79 Å². The van der Waals surface area contributed by atoms with E-state index in [2.05, 4.69) is 16.0 Å². The minimum atomic E-state index is 0.106. The number of unbranched alkanes of at least 4 members (excludes halogenated alkanes) is 1. The van der Waals surface area contributed by atoms with Crippen LogP contribution in [0.2, 0.25) is 5.02 Å². The molecule has 0 saturated carbocycles. The molecule has 0 aliphatic carbocycles. The van der Waals surface area contributed by atoms with Crippen molar-refractivity contribution in [2.45, 2.75) is 59.4 Å². The van der Waals surface area contributed by atoms with E-state index in [0.717, 1.165) is 71.0 Å². The van der Waals surface area contributed by atoms with Gasteiger partial charge in [0.15, 0.2) is 0 Å². The van der Waals surface area contributed by atoms with E-state index in [1.165, 1.54) is 0 Å². The highest BCUT2D eigenvalue weighted by atomic mass is 35.5. The van der Waals surface area contributed by atoms with Crippen molar-refractivity contribution in [3.8, 4) is 5.75 Å². The second kappa shape index (κ2) is 11.2. The molecule has 6 heteroatoms. The molecule has 166 valence electrons. The number of benzene rings is 2. The molecule has 3 rings (SSSR count). The summed E-state index contributed by atoms with van der Waals surface area (Å²) in [6, 6.07) is 12.2. The van der Waals surface area contributed by atoms with Gasteiger partial charge in [-0.25, -0.2) is 4.98 Å². The van der Waals surface area contributed by atoms with Crippen LogP contribution in [0.15, 0.2) is 36.4 Å². The average molecular weight is 442 g/mol. The highest BCUT2D eigenvalue weighted by Gasteiger charge is 2.11. The normalized spacial score (nSPS) is 11.1. The molecule has 0 aliphatic rings. The van der Waals surface area contributed by atoms with Gasteiger partial charge in [-0.15, -0.1) is 0 Å². The average Bonchev–Trinajstić information content (AvgIpc) is 3.09. The Morgan fingerprint density at radius 2 is 1.90 bits per heavy atom. The molecule has 1 heterocycles. The summed E-state index contributed by atoms with van der Waals surface area (Å²) in [5.41, 5.74) is 4.22. The Balaban J connectivity index is 1.55. The number of para-hydroxylation sites is 2. The van der Waals surface area contributed by atoms with Crippen molar-refractivity contribution >= 4 is 28.5 Å². The number of carbonyl (C=O) groups is 1. The van der Waals surface area contributed by atoms with E-state index < -0.39 is 0 Å². The molecule has 0 unspecified atom stereocenters. The summed E-state index contributed by atoms with van der Waals surface area (Å²) in [5, 5.41) is 3.79. The number of hydrogen-bond donors (Lipinski definition) is 1. The molecule has 0 radical (unpaired) electrons. The van der Waals surface area contributed by atoms with E-state index in [0.29, 0.717) is 19.6 Å². The van der Waals surface area contributed by atoms with Crippen molar-refractivity contribution in [1.82, 2.24) is 14.9 Å². The first kappa shape index (κ1) is 23.1. The maximum atomic E-state index is 11.8. The third kappa shape index (κ3) is 6.23. The molecule has 0 aliphatic heterocycles. The molecule has 0 atom stereocenters. The van der Waals surface area contributed by atoms with Crippen LogP contribution >= 0.6 is 11.6 Å². The number of rotatable bonds is 11. The molecule has 1 aromatic heterocycles. The molecular formula is C25H32ClN3O2. The summed E-state index contributed by atoms with van der Waals surface area (Å²) in [6.45, 7) is 8.16. The summed E-state index contributed by atoms with van der Waals surface area (Å²) in [5.74, 6) is 1.99. The van der Waals surface area contributed by atoms with Crippen LogP contribution in [0.1, 0.15) is 49.6 Å². The lowest BCUT2D eigenvalue weighted by Crippen LogP contribution is -2.26. The number of aryl methyl sites for hydroxylation is 3. The zero-order valence-corrected chi connectivity index (χ0v) is 19.5. The fourth-order valence-corrected chi connectivity index (χ4v) is 3.86. The van der Waals surface area contributed by atoms with E-state index in [4.69, 9.17) is 21.3 Å². The summed E-state index contributed by atoms with van der Waals surface area (Å²) in [6.07, 6.45) is 4.09. The van der Waals surface area contributed by atoms with Crippen LogP contribution in [-0.2, 0) is 17.8 Å². The van der Waals surface area contributed by atoms with Crippen LogP contribution in [0.4, 0.5) is 0 Å². The van der Waals surface area contributed by atoms with Gasteiger partial charge >= 0.3 is 0 Å². The highest BCUT2D eigenvalue weighted by Crippen LogP contribution is 2.26. The lowest BCUT2D eigenvalue weighted by Gasteiger charge is -2.12. The van der Waals surface area contributed by atoms with Gasteiger partial charge in [-0.2, -0.15) is 0 Å². The third-order valence-corrected chi connectivity index (χ3v) is 5.93. The molecule has 2 aromatic carbocycles. The maximum Gasteiger partial charge on any atom is 0.219 e. The monoisotopic (exact) mass is 441 g/mol. The second-order valence-corrected chi connectivity index (χ2v) is 8.32. The Labute approximate surface area is 189 Å². The van der Waals surface area contributed by atoms with Crippen LogP contribution < -0.4 is 10.1 Å². The van der Waals surface area contributed by atoms with Gasteiger partial charge < -0.3 is 14.6 Å². The largest absolute Gasteiger partial charge is 0.494 e. The van der Waals surface area contributed by atoms with E-state index >= 15 is 0 Å². The number of ether oxygens (including phenoxy) is 1. The molecule has 31 heavy (non-hydrogen) atoms. The number of hydrogen-bond acceptors (Lipinski definition) is 3. The lowest BCUT2D eigenvalue weighted by atomic mass is 10.1. The third-order valence-electron chi connectivity index (χ3n) is 5.34. The van der Waals surface area contributed by atoms with Crippen molar-refractivity contribution < 1.29 is 9.53 Å². The molecule has 1 amide bonds. The summed E-state index contributed by atoms with van der Waals surface area (Å²) >= 11 is 6.23. The lowest BCUT2D eigenvalue weighted by molar-refractivity contribution is -0.121. The first-order chi connectivity index (χ1) is 15.0. The van der Waals surface area contributed by atoms with Gasteiger partial charge in [0, 0.05) is 31.0 Å². The van der Waals surface area contributed by atoms with Crippen molar-refractivity contribution in [2.75, 3.05) is 13.2 Å². The highest BCUT2D eigenvalue weighted by molar-refractivity contribution is 6.32. The minimum Gasteiger partial charge on any atom is -0.494 e. The number of nitrogens with one attached hydrogen (secondary N) is 1. The topological polar surface area (TPSA) is 56.2 Å². The molecule has 1 N–H and O–H groups in total. The van der Waals surface area contributed by atoms with Gasteiger partial charge in [0.25, 0.3) is 0 Å². The van der Waals surface area contributed by atoms with Crippen LogP contribution in [0, 0.1) is 13.8 Å². The van der Waals surface area contributed by atoms with Crippen LogP contribution in [0.25, 0.3) is 11.0 Å². The quantitative estimate of drug-likeness (QED) is 0.392. The number of imidazole rings is 1. The fraction of sp³-hybridized carbons (Fsp3) is 0.440. The van der Waals surface area contributed by atoms with Gasteiger partial charge in [-0.1, -0.05) is 30.7 Å². The predicted octanol–water partition coefficient (Wildman–Crippen LogP) is 5.62. The zero-order valence-electron chi connectivity index (χ0n) is 18.7. The van der Waals surface area contributed by atoms with E-state index in [-0.39, 0.29) is 5.91 Å². The minimum absolute atomic E-state index is 0.106. The van der Waals surface area contributed by atoms with Crippen molar-refractivity contribution in [1.29, 1.82) is 0 Å². The molecule has 0 spiro atoms. The Bertz CT molecular complexity index is 1010. The molecular weight excluding hydrogens is 410 g/mol. The Morgan fingerprint density at radius 3 is 2.65 bits per heavy atom. The van der Waals surface area contributed by atoms with Crippen LogP contribution in [0.5, 0.6) is 5.75 Å². The van der Waals surface area contributed by atoms with Crippen molar-refractivity contribution in [3.63, 3.8) is 0 Å². The number of fused-ring (bicyclic) bond motifs is 1. The molecule has 5 nitrogen and oxygen atoms in total. The fourth-order valence-electron chi connectivity index (χ4n) is 3.75. The SMILES string of the molecule is CCCC(=O)NCCc1nc2ccccc2n1CCCCOc1cc(C)c(Cl)c(C)c1. The van der Waals surface area contributed by atoms with Crippen molar-refractivity contribution in [3.05, 3.63) is 58.4 Å². The summed E-state index contributed by atoms with van der Waals surface area (Å²) in [7, 11) is 0. The maximum absolute atomic E-state index is 11.8. The molecule has 0 bridgehead atoms. The smallest absolute Gasteiger partial charge is 0.219 e.